The lowest BCUT2D eigenvalue weighted by Gasteiger charge is -2.06. The van der Waals surface area contributed by atoms with Gasteiger partial charge < -0.3 is 9.73 Å². The molecule has 132 valence electrons. The highest BCUT2D eigenvalue weighted by atomic mass is 16.3. The highest BCUT2D eigenvalue weighted by Gasteiger charge is 2.23. The molecule has 1 amide bonds. The maximum atomic E-state index is 13.0. The molecule has 0 saturated heterocycles. The van der Waals surface area contributed by atoms with E-state index in [4.69, 9.17) is 4.42 Å². The molecule has 4 nitrogen and oxygen atoms in total. The van der Waals surface area contributed by atoms with Crippen LogP contribution in [0.2, 0.25) is 0 Å². The molecular weight excluding hydrogens is 338 g/mol. The van der Waals surface area contributed by atoms with Crippen LogP contribution in [-0.4, -0.2) is 11.7 Å². The second-order valence-electron chi connectivity index (χ2n) is 6.32. The normalized spacial score (nSPS) is 10.7. The van der Waals surface area contributed by atoms with E-state index in [2.05, 4.69) is 5.32 Å². The largest absolute Gasteiger partial charge is 0.450 e. The van der Waals surface area contributed by atoms with Crippen LogP contribution in [0.3, 0.4) is 0 Å². The predicted octanol–water partition coefficient (Wildman–Crippen LogP) is 5.22. The van der Waals surface area contributed by atoms with Crippen molar-refractivity contribution >= 4 is 28.3 Å². The molecule has 3 aromatic carbocycles. The molecule has 4 rings (SSSR count). The van der Waals surface area contributed by atoms with Crippen molar-refractivity contribution in [2.75, 3.05) is 5.32 Å². The molecule has 0 aliphatic rings. The minimum absolute atomic E-state index is 0.128. The van der Waals surface area contributed by atoms with Crippen molar-refractivity contribution in [3.05, 3.63) is 101 Å². The summed E-state index contributed by atoms with van der Waals surface area (Å²) in [5, 5.41) is 3.56. The standard InChI is InChI=1S/C23H17NO3/c1-15-11-13-17(14-12-15)23(26)24-20-18-9-5-6-10-19(18)27-22(20)21(25)16-7-3-2-4-8-16/h2-14H,1H3,(H,24,26). The van der Waals surface area contributed by atoms with Crippen LogP contribution < -0.4 is 5.32 Å². The maximum Gasteiger partial charge on any atom is 0.255 e. The SMILES string of the molecule is Cc1ccc(C(=O)Nc2c(C(=O)c3ccccc3)oc3ccccc23)cc1. The van der Waals surface area contributed by atoms with Crippen LogP contribution in [0.15, 0.2) is 83.3 Å². The van der Waals surface area contributed by atoms with Crippen LogP contribution in [0.5, 0.6) is 0 Å². The number of para-hydroxylation sites is 1. The van der Waals surface area contributed by atoms with Crippen molar-refractivity contribution in [1.82, 2.24) is 0 Å². The fraction of sp³-hybridized carbons (Fsp3) is 0.0435. The first kappa shape index (κ1) is 16.8. The first-order chi connectivity index (χ1) is 13.1. The summed E-state index contributed by atoms with van der Waals surface area (Å²) < 4.78 is 5.81. The van der Waals surface area contributed by atoms with Crippen molar-refractivity contribution in [1.29, 1.82) is 0 Å². The van der Waals surface area contributed by atoms with Crippen molar-refractivity contribution < 1.29 is 14.0 Å². The Balaban J connectivity index is 1.78. The van der Waals surface area contributed by atoms with Gasteiger partial charge in [0.2, 0.25) is 5.78 Å². The third kappa shape index (κ3) is 3.25. The van der Waals surface area contributed by atoms with Gasteiger partial charge in [-0.3, -0.25) is 9.59 Å². The van der Waals surface area contributed by atoms with Crippen molar-refractivity contribution in [3.63, 3.8) is 0 Å². The zero-order valence-electron chi connectivity index (χ0n) is 14.7. The van der Waals surface area contributed by atoms with Crippen LogP contribution in [0, 0.1) is 6.92 Å². The minimum Gasteiger partial charge on any atom is -0.450 e. The third-order valence-corrected chi connectivity index (χ3v) is 4.39. The number of fused-ring (bicyclic) bond motifs is 1. The van der Waals surface area contributed by atoms with Crippen LogP contribution in [0.1, 0.15) is 32.0 Å². The molecule has 27 heavy (non-hydrogen) atoms. The van der Waals surface area contributed by atoms with Gasteiger partial charge in [-0.25, -0.2) is 0 Å². The highest BCUT2D eigenvalue weighted by molar-refractivity contribution is 6.18. The molecule has 0 radical (unpaired) electrons. The maximum absolute atomic E-state index is 13.0. The molecule has 0 aliphatic carbocycles. The molecule has 0 atom stereocenters. The summed E-state index contributed by atoms with van der Waals surface area (Å²) in [6.45, 7) is 1.96. The molecule has 0 fully saturated rings. The lowest BCUT2D eigenvalue weighted by Crippen LogP contribution is -2.14. The highest BCUT2D eigenvalue weighted by Crippen LogP contribution is 2.32. The smallest absolute Gasteiger partial charge is 0.255 e. The summed E-state index contributed by atoms with van der Waals surface area (Å²) in [4.78, 5) is 25.7. The molecule has 1 N–H and O–H groups in total. The fourth-order valence-electron chi connectivity index (χ4n) is 2.94. The number of carbonyl (C=O) groups excluding carboxylic acids is 2. The number of ketones is 1. The summed E-state index contributed by atoms with van der Waals surface area (Å²) in [5.41, 5.74) is 3.03. The van der Waals surface area contributed by atoms with Gasteiger partial charge in [0.25, 0.3) is 5.91 Å². The Morgan fingerprint density at radius 2 is 1.44 bits per heavy atom. The Labute approximate surface area is 156 Å². The van der Waals surface area contributed by atoms with E-state index >= 15 is 0 Å². The van der Waals surface area contributed by atoms with E-state index in [1.54, 1.807) is 42.5 Å². The molecule has 0 spiro atoms. The number of furan rings is 1. The summed E-state index contributed by atoms with van der Waals surface area (Å²) in [5.74, 6) is -0.433. The van der Waals surface area contributed by atoms with Crippen LogP contribution in [0.25, 0.3) is 11.0 Å². The molecular formula is C23H17NO3. The Morgan fingerprint density at radius 3 is 2.19 bits per heavy atom. The van der Waals surface area contributed by atoms with Gasteiger partial charge in [0.05, 0.1) is 5.69 Å². The number of amides is 1. The number of nitrogens with one attached hydrogen (secondary N) is 1. The van der Waals surface area contributed by atoms with Crippen LogP contribution in [0.4, 0.5) is 5.69 Å². The van der Waals surface area contributed by atoms with Gasteiger partial charge in [-0.15, -0.1) is 0 Å². The van der Waals surface area contributed by atoms with E-state index in [1.807, 2.05) is 43.3 Å². The predicted molar refractivity (Wildman–Crippen MR) is 105 cm³/mol. The average Bonchev–Trinajstić information content (AvgIpc) is 3.07. The van der Waals surface area contributed by atoms with Gasteiger partial charge in [-0.2, -0.15) is 0 Å². The molecule has 0 bridgehead atoms. The van der Waals surface area contributed by atoms with Crippen molar-refractivity contribution in [3.8, 4) is 0 Å². The van der Waals surface area contributed by atoms with Gasteiger partial charge in [-0.1, -0.05) is 60.2 Å². The average molecular weight is 355 g/mol. The van der Waals surface area contributed by atoms with Crippen LogP contribution in [-0.2, 0) is 0 Å². The topological polar surface area (TPSA) is 59.3 Å². The lowest BCUT2D eigenvalue weighted by atomic mass is 10.1. The number of rotatable bonds is 4. The van der Waals surface area contributed by atoms with Crippen molar-refractivity contribution in [2.45, 2.75) is 6.92 Å². The number of hydrogen-bond acceptors (Lipinski definition) is 3. The Kier molecular flexibility index (Phi) is 4.30. The Morgan fingerprint density at radius 1 is 0.778 bits per heavy atom. The lowest BCUT2D eigenvalue weighted by molar-refractivity contribution is 0.101. The van der Waals surface area contributed by atoms with Crippen molar-refractivity contribution in [2.24, 2.45) is 0 Å². The van der Waals surface area contributed by atoms with E-state index in [0.717, 1.165) is 5.56 Å². The fourth-order valence-corrected chi connectivity index (χ4v) is 2.94. The van der Waals surface area contributed by atoms with Gasteiger partial charge in [0.1, 0.15) is 5.58 Å². The zero-order valence-corrected chi connectivity index (χ0v) is 14.7. The number of aryl methyl sites for hydroxylation is 1. The monoisotopic (exact) mass is 355 g/mol. The Bertz CT molecular complexity index is 1130. The summed E-state index contributed by atoms with van der Waals surface area (Å²) in [6.07, 6.45) is 0. The van der Waals surface area contributed by atoms with E-state index in [9.17, 15) is 9.59 Å². The number of anilines is 1. The molecule has 4 heteroatoms. The minimum atomic E-state index is -0.288. The molecule has 4 aromatic rings. The molecule has 0 saturated carbocycles. The first-order valence-corrected chi connectivity index (χ1v) is 8.63. The molecule has 1 aromatic heterocycles. The number of carbonyl (C=O) groups is 2. The second kappa shape index (κ2) is 6.92. The van der Waals surface area contributed by atoms with Gasteiger partial charge in [0.15, 0.2) is 5.76 Å². The summed E-state index contributed by atoms with van der Waals surface area (Å²) in [6, 6.07) is 23.4. The molecule has 0 unspecified atom stereocenters. The summed E-state index contributed by atoms with van der Waals surface area (Å²) in [7, 11) is 0. The molecule has 0 aliphatic heterocycles. The van der Waals surface area contributed by atoms with Gasteiger partial charge in [-0.05, 0) is 31.2 Å². The molecule has 1 heterocycles. The van der Waals surface area contributed by atoms with Gasteiger partial charge in [0, 0.05) is 16.5 Å². The van der Waals surface area contributed by atoms with E-state index in [1.165, 1.54) is 0 Å². The number of hydrogen-bond donors (Lipinski definition) is 1. The van der Waals surface area contributed by atoms with E-state index in [0.29, 0.717) is 27.8 Å². The van der Waals surface area contributed by atoms with E-state index < -0.39 is 0 Å². The second-order valence-corrected chi connectivity index (χ2v) is 6.32. The van der Waals surface area contributed by atoms with Gasteiger partial charge >= 0.3 is 0 Å². The third-order valence-electron chi connectivity index (χ3n) is 4.39. The van der Waals surface area contributed by atoms with Crippen LogP contribution >= 0.6 is 0 Å². The quantitative estimate of drug-likeness (QED) is 0.510. The zero-order chi connectivity index (χ0) is 18.8. The van der Waals surface area contributed by atoms with E-state index in [-0.39, 0.29) is 17.5 Å². The summed E-state index contributed by atoms with van der Waals surface area (Å²) >= 11 is 0. The Hall–Kier alpha value is -3.66. The number of benzene rings is 3. The first-order valence-electron chi connectivity index (χ1n) is 8.63.